The minimum Gasteiger partial charge on any atom is -0.335 e. The van der Waals surface area contributed by atoms with Gasteiger partial charge in [-0.25, -0.2) is 4.79 Å². The lowest BCUT2D eigenvalue weighted by Gasteiger charge is -2.27. The summed E-state index contributed by atoms with van der Waals surface area (Å²) in [6, 6.07) is 6.29. The van der Waals surface area contributed by atoms with Crippen molar-refractivity contribution in [2.24, 2.45) is 5.29 Å². The Labute approximate surface area is 168 Å². The zero-order valence-electron chi connectivity index (χ0n) is 14.8. The van der Waals surface area contributed by atoms with Crippen molar-refractivity contribution >= 4 is 45.9 Å². The number of nitrogens with one attached hydrogen (secondary N) is 1. The summed E-state index contributed by atoms with van der Waals surface area (Å²) in [5, 5.41) is 17.4. The largest absolute Gasteiger partial charge is 0.340 e. The van der Waals surface area contributed by atoms with Gasteiger partial charge in [0.15, 0.2) is 0 Å². The topological polar surface area (TPSA) is 142 Å². The highest BCUT2D eigenvalue weighted by Gasteiger charge is 2.34. The fraction of sp³-hybridized carbons (Fsp3) is 0.235. The van der Waals surface area contributed by atoms with E-state index < -0.39 is 22.8 Å². The molecule has 0 aliphatic carbocycles. The highest BCUT2D eigenvalue weighted by Crippen LogP contribution is 2.33. The van der Waals surface area contributed by atoms with Crippen LogP contribution in [0.1, 0.15) is 20.7 Å². The summed E-state index contributed by atoms with van der Waals surface area (Å²) in [7, 11) is 0. The molecule has 29 heavy (non-hydrogen) atoms. The second kappa shape index (κ2) is 8.19. The fourth-order valence-electron chi connectivity index (χ4n) is 3.08. The molecule has 0 bridgehead atoms. The van der Waals surface area contributed by atoms with Gasteiger partial charge in [-0.05, 0) is 11.5 Å². The van der Waals surface area contributed by atoms with E-state index in [1.54, 1.807) is 12.1 Å². The van der Waals surface area contributed by atoms with Gasteiger partial charge in [0.25, 0.3) is 17.5 Å². The van der Waals surface area contributed by atoms with Crippen LogP contribution in [0.4, 0.5) is 10.5 Å². The van der Waals surface area contributed by atoms with Gasteiger partial charge in [-0.2, -0.15) is 5.01 Å². The summed E-state index contributed by atoms with van der Waals surface area (Å²) in [6.07, 6.45) is 0. The summed E-state index contributed by atoms with van der Waals surface area (Å²) < 4.78 is 0. The highest BCUT2D eigenvalue weighted by molar-refractivity contribution is 6.25. The number of non-ortho nitro benzene ring substituents is 1. The second-order valence-corrected chi connectivity index (χ2v) is 6.42. The van der Waals surface area contributed by atoms with Crippen molar-refractivity contribution in [2.75, 3.05) is 25.5 Å². The van der Waals surface area contributed by atoms with Crippen LogP contribution in [0.5, 0.6) is 0 Å². The molecule has 1 heterocycles. The number of nitroso groups, excluding NO2 is 1. The number of nitrogens with zero attached hydrogens (tertiary/aromatic N) is 4. The zero-order valence-corrected chi connectivity index (χ0v) is 15.6. The molecule has 3 rings (SSSR count). The number of hydrogen-bond donors (Lipinski definition) is 1. The Bertz CT molecular complexity index is 1040. The van der Waals surface area contributed by atoms with Crippen molar-refractivity contribution in [1.82, 2.24) is 15.2 Å². The minimum absolute atomic E-state index is 0.00181. The first-order chi connectivity index (χ1) is 13.9. The molecule has 1 N–H and O–H groups in total. The molecule has 150 valence electrons. The van der Waals surface area contributed by atoms with Gasteiger partial charge in [0.1, 0.15) is 0 Å². The minimum atomic E-state index is -0.823. The Morgan fingerprint density at radius 3 is 2.62 bits per heavy atom. The molecule has 4 amide bonds. The predicted octanol–water partition coefficient (Wildman–Crippen LogP) is 2.28. The Morgan fingerprint density at radius 2 is 1.97 bits per heavy atom. The van der Waals surface area contributed by atoms with E-state index >= 15 is 0 Å². The van der Waals surface area contributed by atoms with E-state index in [1.165, 1.54) is 12.1 Å². The number of urea groups is 1. The lowest BCUT2D eigenvalue weighted by Crippen LogP contribution is -2.46. The van der Waals surface area contributed by atoms with Crippen molar-refractivity contribution in [3.8, 4) is 0 Å². The van der Waals surface area contributed by atoms with Crippen LogP contribution >= 0.6 is 11.6 Å². The Kier molecular flexibility index (Phi) is 5.69. The van der Waals surface area contributed by atoms with Gasteiger partial charge in [-0.3, -0.25) is 24.6 Å². The molecule has 2 aromatic rings. The van der Waals surface area contributed by atoms with E-state index in [2.05, 4.69) is 10.6 Å². The van der Waals surface area contributed by atoms with Crippen LogP contribution in [-0.2, 0) is 0 Å². The van der Waals surface area contributed by atoms with Gasteiger partial charge in [0.05, 0.1) is 22.3 Å². The molecule has 1 aliphatic rings. The maximum Gasteiger partial charge on any atom is 0.340 e. The first-order valence-electron chi connectivity index (χ1n) is 8.41. The average molecular weight is 420 g/mol. The Hall–Kier alpha value is -3.60. The molecule has 12 heteroatoms. The van der Waals surface area contributed by atoms with Crippen molar-refractivity contribution in [1.29, 1.82) is 0 Å². The smallest absolute Gasteiger partial charge is 0.335 e. The van der Waals surface area contributed by atoms with Gasteiger partial charge >= 0.3 is 6.03 Å². The number of nitro benzene ring substituents is 1. The van der Waals surface area contributed by atoms with Crippen molar-refractivity contribution in [3.63, 3.8) is 0 Å². The normalized spacial score (nSPS) is 12.8. The Balaban J connectivity index is 1.85. The van der Waals surface area contributed by atoms with Crippen LogP contribution < -0.4 is 5.32 Å². The van der Waals surface area contributed by atoms with E-state index in [0.717, 1.165) is 11.0 Å². The number of carbonyl (C=O) groups is 3. The molecule has 11 nitrogen and oxygen atoms in total. The van der Waals surface area contributed by atoms with E-state index in [9.17, 15) is 29.4 Å². The van der Waals surface area contributed by atoms with Crippen LogP contribution in [0, 0.1) is 15.0 Å². The Morgan fingerprint density at radius 1 is 1.24 bits per heavy atom. The molecule has 0 spiro atoms. The molecule has 0 atom stereocenters. The molecule has 0 unspecified atom stereocenters. The van der Waals surface area contributed by atoms with E-state index in [0.29, 0.717) is 15.8 Å². The predicted molar refractivity (Wildman–Crippen MR) is 103 cm³/mol. The lowest BCUT2D eigenvalue weighted by atomic mass is 9.93. The molecular weight excluding hydrogens is 406 g/mol. The molecule has 0 aromatic heterocycles. The van der Waals surface area contributed by atoms with Crippen molar-refractivity contribution in [3.05, 3.63) is 56.5 Å². The van der Waals surface area contributed by atoms with E-state index in [1.807, 2.05) is 0 Å². The van der Waals surface area contributed by atoms with Crippen molar-refractivity contribution in [2.45, 2.75) is 0 Å². The number of benzene rings is 2. The standard InChI is InChI=1S/C17H14ClN5O6/c18-4-6-22(20-27)17(26)19-5-7-21-15(24)12-3-1-2-10-8-11(23(28)29)9-13(14(10)12)16(21)25/h1-3,8-9H,4-7H2,(H,19,26). The summed E-state index contributed by atoms with van der Waals surface area (Å²) in [6.45, 7) is -0.447. The first-order valence-corrected chi connectivity index (χ1v) is 8.94. The number of halogens is 1. The number of alkyl halides is 1. The summed E-state index contributed by atoms with van der Waals surface area (Å²) in [4.78, 5) is 59.5. The quantitative estimate of drug-likeness (QED) is 0.240. The van der Waals surface area contributed by atoms with E-state index in [-0.39, 0.29) is 42.3 Å². The molecule has 0 radical (unpaired) electrons. The average Bonchev–Trinajstić information content (AvgIpc) is 2.71. The maximum atomic E-state index is 12.8. The molecule has 1 aliphatic heterocycles. The third-order valence-corrected chi connectivity index (χ3v) is 4.53. The van der Waals surface area contributed by atoms with E-state index in [4.69, 9.17) is 11.6 Å². The number of carbonyl (C=O) groups excluding carboxylic acids is 3. The summed E-state index contributed by atoms with van der Waals surface area (Å²) >= 11 is 5.47. The number of nitro groups is 1. The number of rotatable bonds is 7. The van der Waals surface area contributed by atoms with Gasteiger partial charge in [-0.15, -0.1) is 16.5 Å². The second-order valence-electron chi connectivity index (χ2n) is 6.04. The van der Waals surface area contributed by atoms with Gasteiger partial charge < -0.3 is 5.32 Å². The van der Waals surface area contributed by atoms with Crippen LogP contribution in [-0.4, -0.2) is 58.2 Å². The highest BCUT2D eigenvalue weighted by atomic mass is 35.5. The zero-order chi connectivity index (χ0) is 21.1. The monoisotopic (exact) mass is 419 g/mol. The fourth-order valence-corrected chi connectivity index (χ4v) is 3.24. The summed E-state index contributed by atoms with van der Waals surface area (Å²) in [5.41, 5.74) is 0.0000703. The van der Waals surface area contributed by atoms with Crippen LogP contribution in [0.3, 0.4) is 0 Å². The maximum absolute atomic E-state index is 12.8. The molecular formula is C17H14ClN5O6. The first kappa shape index (κ1) is 20.1. The van der Waals surface area contributed by atoms with Crippen LogP contribution in [0.25, 0.3) is 10.8 Å². The van der Waals surface area contributed by atoms with Gasteiger partial charge in [-0.1, -0.05) is 12.1 Å². The van der Waals surface area contributed by atoms with Crippen molar-refractivity contribution < 1.29 is 19.3 Å². The molecule has 0 saturated heterocycles. The van der Waals surface area contributed by atoms with Gasteiger partial charge in [0.2, 0.25) is 0 Å². The number of amides is 4. The molecule has 2 aromatic carbocycles. The molecule has 0 fully saturated rings. The van der Waals surface area contributed by atoms with Crippen LogP contribution in [0.2, 0.25) is 0 Å². The third-order valence-electron chi connectivity index (χ3n) is 4.36. The molecule has 0 saturated carbocycles. The SMILES string of the molecule is O=NN(CCCl)C(=O)NCCN1C(=O)c2cccc3cc([N+](=O)[O-])cc(c23)C1=O. The third kappa shape index (κ3) is 3.72. The number of hydrogen-bond acceptors (Lipinski definition) is 7. The lowest BCUT2D eigenvalue weighted by molar-refractivity contribution is -0.384. The number of imide groups is 1. The summed E-state index contributed by atoms with van der Waals surface area (Å²) in [5.74, 6) is -1.29. The van der Waals surface area contributed by atoms with Crippen LogP contribution in [0.15, 0.2) is 35.6 Å². The van der Waals surface area contributed by atoms with Gasteiger partial charge in [0, 0.05) is 42.1 Å².